The Balaban J connectivity index is 1.47. The highest BCUT2D eigenvalue weighted by Crippen LogP contribution is 2.66. The monoisotopic (exact) mass is 510 g/mol. The van der Waals surface area contributed by atoms with Crippen LogP contribution in [-0.4, -0.2) is 108 Å². The number of thioether (sulfide) groups is 1. The van der Waals surface area contributed by atoms with E-state index in [0.717, 1.165) is 77.8 Å². The second-order valence-electron chi connectivity index (χ2n) is 10.3. The van der Waals surface area contributed by atoms with Crippen molar-refractivity contribution in [3.63, 3.8) is 0 Å². The van der Waals surface area contributed by atoms with E-state index in [9.17, 15) is 14.4 Å². The van der Waals surface area contributed by atoms with Crippen molar-refractivity contribution in [2.45, 2.75) is 67.9 Å². The lowest BCUT2D eigenvalue weighted by Gasteiger charge is -2.34. The van der Waals surface area contributed by atoms with Crippen LogP contribution >= 0.6 is 11.8 Å². The molecule has 4 fully saturated rings. The number of likely N-dealkylation sites (tertiary alicyclic amines) is 1. The summed E-state index contributed by atoms with van der Waals surface area (Å²) in [5.74, 6) is -0.897. The molecule has 3 N–H and O–H groups in total. The van der Waals surface area contributed by atoms with Crippen LogP contribution in [0, 0.1) is 11.8 Å². The van der Waals surface area contributed by atoms with E-state index in [4.69, 9.17) is 9.84 Å². The van der Waals surface area contributed by atoms with Crippen LogP contribution < -0.4 is 10.6 Å². The number of amides is 3. The zero-order valence-electron chi connectivity index (χ0n) is 21.0. The average Bonchev–Trinajstić information content (AvgIpc) is 3.50. The molecule has 198 valence electrons. The number of aliphatic hydroxyl groups excluding tert-OH is 1. The Labute approximate surface area is 213 Å². The molecule has 4 saturated heterocycles. The summed E-state index contributed by atoms with van der Waals surface area (Å²) in [5.41, 5.74) is 0. The number of nitrogens with one attached hydrogen (secondary N) is 2. The molecule has 4 heterocycles. The van der Waals surface area contributed by atoms with Crippen molar-refractivity contribution in [3.8, 4) is 0 Å². The fourth-order valence-electron chi connectivity index (χ4n) is 6.37. The average molecular weight is 511 g/mol. The molecule has 10 heteroatoms. The van der Waals surface area contributed by atoms with Gasteiger partial charge in [0.1, 0.15) is 6.04 Å². The molecule has 0 aliphatic carbocycles. The van der Waals surface area contributed by atoms with Gasteiger partial charge in [-0.15, -0.1) is 11.8 Å². The predicted octanol–water partition coefficient (Wildman–Crippen LogP) is 0.605. The van der Waals surface area contributed by atoms with Crippen LogP contribution in [0.25, 0.3) is 0 Å². The van der Waals surface area contributed by atoms with Gasteiger partial charge in [-0.25, -0.2) is 0 Å². The molecule has 0 radical (unpaired) electrons. The van der Waals surface area contributed by atoms with E-state index in [2.05, 4.69) is 15.5 Å². The number of aliphatic hydroxyl groups is 1. The molecule has 4 aliphatic rings. The van der Waals surface area contributed by atoms with Crippen LogP contribution in [0.4, 0.5) is 0 Å². The van der Waals surface area contributed by atoms with Gasteiger partial charge in [-0.1, -0.05) is 19.8 Å². The number of ether oxygens (including phenoxy) is 1. The summed E-state index contributed by atoms with van der Waals surface area (Å²) in [6, 6.07) is -0.526. The van der Waals surface area contributed by atoms with Gasteiger partial charge in [-0.3, -0.25) is 19.3 Å². The third-order valence-electron chi connectivity index (χ3n) is 8.04. The smallest absolute Gasteiger partial charge is 0.244 e. The molecule has 0 aromatic carbocycles. The van der Waals surface area contributed by atoms with Crippen molar-refractivity contribution >= 4 is 29.5 Å². The van der Waals surface area contributed by atoms with Gasteiger partial charge in [0.15, 0.2) is 0 Å². The van der Waals surface area contributed by atoms with E-state index in [1.165, 1.54) is 0 Å². The largest absolute Gasteiger partial charge is 0.396 e. The Kier molecular flexibility index (Phi) is 9.35. The first-order valence-electron chi connectivity index (χ1n) is 13.5. The van der Waals surface area contributed by atoms with Crippen molar-refractivity contribution < 1.29 is 24.2 Å². The lowest BCUT2D eigenvalue weighted by molar-refractivity contribution is -0.140. The lowest BCUT2D eigenvalue weighted by Crippen LogP contribution is -2.54. The van der Waals surface area contributed by atoms with Crippen LogP contribution in [-0.2, 0) is 19.1 Å². The van der Waals surface area contributed by atoms with E-state index in [1.54, 1.807) is 16.7 Å². The molecule has 5 atom stereocenters. The van der Waals surface area contributed by atoms with Gasteiger partial charge in [0, 0.05) is 51.1 Å². The number of rotatable bonds is 13. The molecule has 4 aliphatic heterocycles. The number of carbonyl (C=O) groups is 3. The fraction of sp³-hybridized carbons (Fsp3) is 0.880. The van der Waals surface area contributed by atoms with Gasteiger partial charge in [0.2, 0.25) is 17.7 Å². The van der Waals surface area contributed by atoms with Crippen molar-refractivity contribution in [1.29, 1.82) is 0 Å². The second-order valence-corrected chi connectivity index (χ2v) is 11.9. The van der Waals surface area contributed by atoms with Gasteiger partial charge in [0.25, 0.3) is 0 Å². The van der Waals surface area contributed by atoms with E-state index < -0.39 is 16.7 Å². The summed E-state index contributed by atoms with van der Waals surface area (Å²) >= 11 is 1.73. The molecule has 3 amide bonds. The Morgan fingerprint density at radius 2 is 1.83 bits per heavy atom. The first-order chi connectivity index (χ1) is 17.0. The van der Waals surface area contributed by atoms with Crippen molar-refractivity contribution in [1.82, 2.24) is 20.4 Å². The van der Waals surface area contributed by atoms with Crippen molar-refractivity contribution in [2.24, 2.45) is 11.8 Å². The number of hydrogen-bond donors (Lipinski definition) is 3. The van der Waals surface area contributed by atoms with Crippen molar-refractivity contribution in [3.05, 3.63) is 0 Å². The Morgan fingerprint density at radius 1 is 1.09 bits per heavy atom. The minimum Gasteiger partial charge on any atom is -0.396 e. The maximum atomic E-state index is 13.8. The molecule has 0 saturated carbocycles. The van der Waals surface area contributed by atoms with Gasteiger partial charge in [-0.2, -0.15) is 0 Å². The predicted molar refractivity (Wildman–Crippen MR) is 135 cm³/mol. The molecule has 4 rings (SSSR count). The van der Waals surface area contributed by atoms with E-state index in [1.807, 2.05) is 6.92 Å². The topological polar surface area (TPSA) is 111 Å². The standard InChI is InChI=1S/C25H42N4O5S/c1-2-9-26-22(31)19-18-7-8-25(35-18)20(19)24(33)29(11-5-3-4-6-15-30)21(25)23(32)27-10-12-28-13-16-34-17-14-28/h18-21,30H,2-17H2,1H3,(H,26,31)(H,27,32)/t18-,19+,20+,21?,25?/m1/s1. The Bertz CT molecular complexity index is 764. The molecule has 1 spiro atoms. The van der Waals surface area contributed by atoms with Crippen LogP contribution in [0.1, 0.15) is 51.9 Å². The number of morpholine rings is 1. The Hall–Kier alpha value is -1.36. The quantitative estimate of drug-likeness (QED) is 0.311. The minimum absolute atomic E-state index is 0.0214. The highest BCUT2D eigenvalue weighted by atomic mass is 32.2. The fourth-order valence-corrected chi connectivity index (χ4v) is 8.59. The van der Waals surface area contributed by atoms with Crippen LogP contribution in [0.5, 0.6) is 0 Å². The highest BCUT2D eigenvalue weighted by molar-refractivity contribution is 8.02. The van der Waals surface area contributed by atoms with E-state index in [-0.39, 0.29) is 35.5 Å². The summed E-state index contributed by atoms with van der Waals surface area (Å²) in [5, 5.41) is 15.3. The van der Waals surface area contributed by atoms with Gasteiger partial charge in [0.05, 0.1) is 29.8 Å². The van der Waals surface area contributed by atoms with Gasteiger partial charge >= 0.3 is 0 Å². The van der Waals surface area contributed by atoms with Crippen LogP contribution in [0.3, 0.4) is 0 Å². The molecular weight excluding hydrogens is 468 g/mol. The Morgan fingerprint density at radius 3 is 2.57 bits per heavy atom. The van der Waals surface area contributed by atoms with Gasteiger partial charge < -0.3 is 25.4 Å². The number of carbonyl (C=O) groups excluding carboxylic acids is 3. The van der Waals surface area contributed by atoms with E-state index in [0.29, 0.717) is 19.6 Å². The summed E-state index contributed by atoms with van der Waals surface area (Å²) in [6.07, 6.45) is 5.90. The molecule has 2 unspecified atom stereocenters. The first kappa shape index (κ1) is 26.7. The highest BCUT2D eigenvalue weighted by Gasteiger charge is 2.73. The maximum absolute atomic E-state index is 13.8. The summed E-state index contributed by atoms with van der Waals surface area (Å²) < 4.78 is 4.90. The normalized spacial score (nSPS) is 32.2. The van der Waals surface area contributed by atoms with Crippen LogP contribution in [0.2, 0.25) is 0 Å². The molecule has 2 bridgehead atoms. The van der Waals surface area contributed by atoms with Gasteiger partial charge in [-0.05, 0) is 32.1 Å². The summed E-state index contributed by atoms with van der Waals surface area (Å²) in [6.45, 7) is 7.83. The number of nitrogens with zero attached hydrogens (tertiary/aromatic N) is 2. The molecular formula is C25H42N4O5S. The zero-order valence-corrected chi connectivity index (χ0v) is 21.8. The SMILES string of the molecule is CCCNC(=O)[C@@H]1[C@H]2C(=O)N(CCCCCCO)C(C(=O)NCCN3CCOCC3)C23CC[C@H]1S3. The third-order valence-corrected chi connectivity index (χ3v) is 9.99. The van der Waals surface area contributed by atoms with Crippen LogP contribution in [0.15, 0.2) is 0 Å². The lowest BCUT2D eigenvalue weighted by atomic mass is 9.70. The zero-order chi connectivity index (χ0) is 24.8. The minimum atomic E-state index is -0.526. The number of hydrogen-bond acceptors (Lipinski definition) is 7. The third kappa shape index (κ3) is 5.50. The number of fused-ring (bicyclic) bond motifs is 1. The molecule has 0 aromatic heterocycles. The number of unbranched alkanes of at least 4 members (excludes halogenated alkanes) is 3. The molecule has 9 nitrogen and oxygen atoms in total. The molecule has 35 heavy (non-hydrogen) atoms. The summed E-state index contributed by atoms with van der Waals surface area (Å²) in [7, 11) is 0. The van der Waals surface area contributed by atoms with E-state index >= 15 is 0 Å². The maximum Gasteiger partial charge on any atom is 0.244 e. The summed E-state index contributed by atoms with van der Waals surface area (Å²) in [4.78, 5) is 44.6. The first-order valence-corrected chi connectivity index (χ1v) is 14.4. The molecule has 0 aromatic rings. The second kappa shape index (κ2) is 12.3. The van der Waals surface area contributed by atoms with Crippen molar-refractivity contribution in [2.75, 3.05) is 59.1 Å².